The summed E-state index contributed by atoms with van der Waals surface area (Å²) in [7, 11) is 0.368. The molecule has 2 rings (SSSR count). The summed E-state index contributed by atoms with van der Waals surface area (Å²) >= 11 is 0. The van der Waals surface area contributed by atoms with Gasteiger partial charge in [0.2, 0.25) is 10.0 Å². The van der Waals surface area contributed by atoms with Crippen LogP contribution in [0.3, 0.4) is 0 Å². The topological polar surface area (TPSA) is 49.4 Å². The number of unbranched alkanes of at least 4 members (excludes halogenated alkanes) is 2. The van der Waals surface area contributed by atoms with E-state index in [1.807, 2.05) is 43.3 Å². The van der Waals surface area contributed by atoms with Gasteiger partial charge in [-0.3, -0.25) is 0 Å². The van der Waals surface area contributed by atoms with Crippen molar-refractivity contribution in [3.8, 4) is 0 Å². The van der Waals surface area contributed by atoms with E-state index >= 15 is 0 Å². The molecule has 2 aromatic rings. The first-order valence-electron chi connectivity index (χ1n) is 7.50. The van der Waals surface area contributed by atoms with Crippen LogP contribution >= 0.6 is 0 Å². The van der Waals surface area contributed by atoms with Gasteiger partial charge in [-0.1, -0.05) is 44.0 Å². The third-order valence-electron chi connectivity index (χ3n) is 3.57. The van der Waals surface area contributed by atoms with Crippen LogP contribution in [0.2, 0.25) is 0 Å². The van der Waals surface area contributed by atoms with Crippen molar-refractivity contribution in [3.63, 3.8) is 0 Å². The average molecular weight is 319 g/mol. The third-order valence-corrected chi connectivity index (χ3v) is 4.98. The Hall–Kier alpha value is -1.59. The summed E-state index contributed by atoms with van der Waals surface area (Å²) in [6, 6.07) is 11.1. The molecule has 1 N–H and O–H groups in total. The summed E-state index contributed by atoms with van der Waals surface area (Å²) in [5.41, 5.74) is 1.00. The number of anilines is 1. The molecule has 0 saturated heterocycles. The van der Waals surface area contributed by atoms with Crippen molar-refractivity contribution in [2.75, 3.05) is 19.0 Å². The lowest BCUT2D eigenvalue weighted by atomic mass is 10.1. The van der Waals surface area contributed by atoms with Crippen LogP contribution in [0.5, 0.6) is 0 Å². The van der Waals surface area contributed by atoms with Crippen LogP contribution in [0.15, 0.2) is 41.3 Å². The second-order valence-electron chi connectivity index (χ2n) is 5.49. The number of benzene rings is 2. The number of nitrogens with zero attached hydrogens (tertiary/aromatic N) is 1. The second kappa shape index (κ2) is 7.11. The maximum absolute atomic E-state index is 12.5. The molecular formula is C17H23N2O2S. The highest BCUT2D eigenvalue weighted by molar-refractivity contribution is 7.89. The molecule has 0 saturated carbocycles. The van der Waals surface area contributed by atoms with Gasteiger partial charge in [0.25, 0.3) is 0 Å². The first kappa shape index (κ1) is 16.8. The second-order valence-corrected chi connectivity index (χ2v) is 7.17. The molecule has 0 amide bonds. The van der Waals surface area contributed by atoms with Crippen molar-refractivity contribution in [3.05, 3.63) is 42.9 Å². The Balaban J connectivity index is 2.41. The highest BCUT2D eigenvalue weighted by atomic mass is 32.2. The van der Waals surface area contributed by atoms with Gasteiger partial charge in [0.05, 0.1) is 4.90 Å². The molecule has 4 nitrogen and oxygen atoms in total. The van der Waals surface area contributed by atoms with E-state index in [-0.39, 0.29) is 0 Å². The average Bonchev–Trinajstić information content (AvgIpc) is 2.50. The molecule has 5 heteroatoms. The summed E-state index contributed by atoms with van der Waals surface area (Å²) in [5.74, 6) is 0. The van der Waals surface area contributed by atoms with Crippen LogP contribution in [0.25, 0.3) is 10.8 Å². The summed E-state index contributed by atoms with van der Waals surface area (Å²) < 4.78 is 27.7. The van der Waals surface area contributed by atoms with Gasteiger partial charge in [-0.05, 0) is 18.6 Å². The number of rotatable bonds is 7. The quantitative estimate of drug-likeness (QED) is 0.794. The fourth-order valence-electron chi connectivity index (χ4n) is 2.43. The number of nitrogens with one attached hydrogen (secondary N) is 1. The van der Waals surface area contributed by atoms with Gasteiger partial charge in [-0.25, -0.2) is 13.1 Å². The molecule has 1 radical (unpaired) electrons. The van der Waals surface area contributed by atoms with E-state index in [1.165, 1.54) is 0 Å². The lowest BCUT2D eigenvalue weighted by Gasteiger charge is -2.17. The Morgan fingerprint density at radius 1 is 1.09 bits per heavy atom. The van der Waals surface area contributed by atoms with Crippen molar-refractivity contribution >= 4 is 26.5 Å². The van der Waals surface area contributed by atoms with E-state index in [4.69, 9.17) is 0 Å². The predicted octanol–water partition coefficient (Wildman–Crippen LogP) is 3.54. The molecule has 0 bridgehead atoms. The maximum Gasteiger partial charge on any atom is 0.241 e. The summed E-state index contributed by atoms with van der Waals surface area (Å²) in [4.78, 5) is 2.31. The first-order chi connectivity index (χ1) is 10.5. The standard InChI is InChI=1S/C17H23N2O2S/c1-4-5-6-13-18-22(20,21)17-12-8-9-14-15(17)10-7-11-16(14)19(2)3/h7-13,18H,4-6H2,1-3H3. The molecular weight excluding hydrogens is 296 g/mol. The number of hydrogen-bond acceptors (Lipinski definition) is 3. The Morgan fingerprint density at radius 3 is 2.45 bits per heavy atom. The van der Waals surface area contributed by atoms with Crippen molar-refractivity contribution < 1.29 is 8.42 Å². The molecule has 0 aromatic heterocycles. The largest absolute Gasteiger partial charge is 0.377 e. The van der Waals surface area contributed by atoms with Gasteiger partial charge in [-0.15, -0.1) is 0 Å². The van der Waals surface area contributed by atoms with Crippen LogP contribution in [-0.2, 0) is 10.0 Å². The van der Waals surface area contributed by atoms with Crippen LogP contribution in [-0.4, -0.2) is 22.5 Å². The maximum atomic E-state index is 12.5. The number of sulfonamides is 1. The minimum absolute atomic E-state index is 0.321. The van der Waals surface area contributed by atoms with E-state index < -0.39 is 10.0 Å². The number of fused-ring (bicyclic) bond motifs is 1. The van der Waals surface area contributed by atoms with Crippen LogP contribution in [0, 0.1) is 6.54 Å². The molecule has 0 atom stereocenters. The zero-order valence-electron chi connectivity index (χ0n) is 13.3. The number of hydrogen-bond donors (Lipinski definition) is 1. The van der Waals surface area contributed by atoms with Crippen LogP contribution in [0.4, 0.5) is 5.69 Å². The Bertz CT molecular complexity index is 739. The van der Waals surface area contributed by atoms with Gasteiger partial charge in [0, 0.05) is 37.1 Å². The molecule has 0 spiro atoms. The third kappa shape index (κ3) is 3.59. The van der Waals surface area contributed by atoms with E-state index in [1.54, 1.807) is 18.7 Å². The zero-order valence-corrected chi connectivity index (χ0v) is 14.2. The van der Waals surface area contributed by atoms with Gasteiger partial charge in [0.15, 0.2) is 0 Å². The summed E-state index contributed by atoms with van der Waals surface area (Å²) in [6.45, 7) is 3.71. The van der Waals surface area contributed by atoms with E-state index in [9.17, 15) is 8.42 Å². The lowest BCUT2D eigenvalue weighted by Crippen LogP contribution is -2.21. The van der Waals surface area contributed by atoms with E-state index in [2.05, 4.69) is 11.6 Å². The molecule has 119 valence electrons. The summed E-state index contributed by atoms with van der Waals surface area (Å²) in [5, 5.41) is 1.68. The predicted molar refractivity (Wildman–Crippen MR) is 92.4 cm³/mol. The van der Waals surface area contributed by atoms with Gasteiger partial charge < -0.3 is 4.90 Å². The highest BCUT2D eigenvalue weighted by Crippen LogP contribution is 2.30. The highest BCUT2D eigenvalue weighted by Gasteiger charge is 2.17. The Kier molecular flexibility index (Phi) is 5.42. The first-order valence-corrected chi connectivity index (χ1v) is 8.98. The minimum Gasteiger partial charge on any atom is -0.377 e. The zero-order chi connectivity index (χ0) is 16.2. The van der Waals surface area contributed by atoms with Crippen LogP contribution in [0.1, 0.15) is 26.2 Å². The van der Waals surface area contributed by atoms with Crippen molar-refractivity contribution in [2.45, 2.75) is 31.1 Å². The monoisotopic (exact) mass is 319 g/mol. The Morgan fingerprint density at radius 2 is 1.77 bits per heavy atom. The minimum atomic E-state index is -3.53. The summed E-state index contributed by atoms with van der Waals surface area (Å²) in [6.07, 6.45) is 2.75. The van der Waals surface area contributed by atoms with Crippen LogP contribution < -0.4 is 9.62 Å². The molecule has 2 aromatic carbocycles. The molecule has 22 heavy (non-hydrogen) atoms. The van der Waals surface area contributed by atoms with E-state index in [0.29, 0.717) is 4.90 Å². The van der Waals surface area contributed by atoms with Crippen molar-refractivity contribution in [1.82, 2.24) is 4.72 Å². The van der Waals surface area contributed by atoms with Crippen molar-refractivity contribution in [1.29, 1.82) is 0 Å². The fraction of sp³-hybridized carbons (Fsp3) is 0.353. The van der Waals surface area contributed by atoms with Crippen molar-refractivity contribution in [2.24, 2.45) is 0 Å². The molecule has 0 fully saturated rings. The van der Waals surface area contributed by atoms with Gasteiger partial charge in [-0.2, -0.15) is 0 Å². The Labute approximate surface area is 133 Å². The molecule has 0 aliphatic carbocycles. The van der Waals surface area contributed by atoms with Gasteiger partial charge >= 0.3 is 0 Å². The van der Waals surface area contributed by atoms with Gasteiger partial charge in [0.1, 0.15) is 0 Å². The molecule has 0 aliphatic rings. The molecule has 0 unspecified atom stereocenters. The molecule has 0 heterocycles. The SMILES string of the molecule is CCCC[CH]NS(=O)(=O)c1cccc2c(N(C)C)cccc12. The smallest absolute Gasteiger partial charge is 0.241 e. The molecule has 0 aliphatic heterocycles. The normalized spacial score (nSPS) is 11.8. The fourth-order valence-corrected chi connectivity index (χ4v) is 3.62. The lowest BCUT2D eigenvalue weighted by molar-refractivity contribution is 0.586. The van der Waals surface area contributed by atoms with E-state index in [0.717, 1.165) is 35.7 Å².